The van der Waals surface area contributed by atoms with Crippen LogP contribution in [0.3, 0.4) is 0 Å². The fourth-order valence-electron chi connectivity index (χ4n) is 1.34. The van der Waals surface area contributed by atoms with Crippen molar-refractivity contribution < 1.29 is 14.9 Å². The standard InChI is InChI=1S/C12H19NO3/c1-9(8-14)13-7-12(15)10-4-3-5-11(6-10)16-2/h3-6,9,12-15H,7-8H2,1-2H3/t9-,12?/m0/s1. The van der Waals surface area contributed by atoms with Gasteiger partial charge in [-0.25, -0.2) is 0 Å². The second-order valence-corrected chi connectivity index (χ2v) is 3.78. The smallest absolute Gasteiger partial charge is 0.119 e. The molecule has 0 radical (unpaired) electrons. The summed E-state index contributed by atoms with van der Waals surface area (Å²) in [5, 5.41) is 21.7. The van der Waals surface area contributed by atoms with E-state index in [1.807, 2.05) is 25.1 Å². The van der Waals surface area contributed by atoms with Crippen LogP contribution in [0.4, 0.5) is 0 Å². The van der Waals surface area contributed by atoms with Crippen LogP contribution >= 0.6 is 0 Å². The summed E-state index contributed by atoms with van der Waals surface area (Å²) < 4.78 is 5.08. The van der Waals surface area contributed by atoms with Gasteiger partial charge in [0.15, 0.2) is 0 Å². The third-order valence-electron chi connectivity index (χ3n) is 2.41. The SMILES string of the molecule is COc1cccc(C(O)CN[C@@H](C)CO)c1. The van der Waals surface area contributed by atoms with E-state index in [9.17, 15) is 5.11 Å². The fourth-order valence-corrected chi connectivity index (χ4v) is 1.34. The van der Waals surface area contributed by atoms with Crippen molar-refractivity contribution in [3.63, 3.8) is 0 Å². The van der Waals surface area contributed by atoms with Crippen LogP contribution in [0.25, 0.3) is 0 Å². The van der Waals surface area contributed by atoms with Crippen molar-refractivity contribution in [2.75, 3.05) is 20.3 Å². The van der Waals surface area contributed by atoms with E-state index in [1.54, 1.807) is 13.2 Å². The maximum atomic E-state index is 9.89. The number of aliphatic hydroxyl groups excluding tert-OH is 2. The molecule has 0 saturated heterocycles. The maximum absolute atomic E-state index is 9.89. The molecule has 0 heterocycles. The van der Waals surface area contributed by atoms with E-state index in [4.69, 9.17) is 9.84 Å². The van der Waals surface area contributed by atoms with Crippen molar-refractivity contribution in [2.45, 2.75) is 19.1 Å². The van der Waals surface area contributed by atoms with Gasteiger partial charge in [0, 0.05) is 12.6 Å². The van der Waals surface area contributed by atoms with Crippen LogP contribution in [0.1, 0.15) is 18.6 Å². The Labute approximate surface area is 95.9 Å². The molecule has 0 spiro atoms. The van der Waals surface area contributed by atoms with Gasteiger partial charge in [-0.1, -0.05) is 12.1 Å². The summed E-state index contributed by atoms with van der Waals surface area (Å²) >= 11 is 0. The Kier molecular flexibility index (Phi) is 5.25. The lowest BCUT2D eigenvalue weighted by Gasteiger charge is -2.16. The van der Waals surface area contributed by atoms with Gasteiger partial charge >= 0.3 is 0 Å². The Morgan fingerprint density at radius 2 is 2.19 bits per heavy atom. The molecule has 1 unspecified atom stereocenters. The Balaban J connectivity index is 2.54. The van der Waals surface area contributed by atoms with Crippen LogP contribution < -0.4 is 10.1 Å². The molecule has 1 aromatic carbocycles. The Morgan fingerprint density at radius 3 is 2.81 bits per heavy atom. The summed E-state index contributed by atoms with van der Waals surface area (Å²) in [6.45, 7) is 2.33. The zero-order valence-corrected chi connectivity index (χ0v) is 9.68. The van der Waals surface area contributed by atoms with Crippen molar-refractivity contribution in [1.82, 2.24) is 5.32 Å². The predicted octanol–water partition coefficient (Wildman–Crippen LogP) is 0.699. The Morgan fingerprint density at radius 1 is 1.44 bits per heavy atom. The predicted molar refractivity (Wildman–Crippen MR) is 62.5 cm³/mol. The average molecular weight is 225 g/mol. The van der Waals surface area contributed by atoms with Crippen molar-refractivity contribution in [3.05, 3.63) is 29.8 Å². The number of methoxy groups -OCH3 is 1. The molecule has 3 N–H and O–H groups in total. The highest BCUT2D eigenvalue weighted by atomic mass is 16.5. The molecule has 0 aliphatic carbocycles. The zero-order chi connectivity index (χ0) is 12.0. The van der Waals surface area contributed by atoms with E-state index in [0.717, 1.165) is 11.3 Å². The van der Waals surface area contributed by atoms with Gasteiger partial charge in [-0.15, -0.1) is 0 Å². The fraction of sp³-hybridized carbons (Fsp3) is 0.500. The molecular formula is C12H19NO3. The van der Waals surface area contributed by atoms with E-state index < -0.39 is 6.10 Å². The normalized spacial score (nSPS) is 14.5. The first-order valence-electron chi connectivity index (χ1n) is 5.33. The monoisotopic (exact) mass is 225 g/mol. The lowest BCUT2D eigenvalue weighted by atomic mass is 10.1. The van der Waals surface area contributed by atoms with Crippen molar-refractivity contribution in [2.24, 2.45) is 0 Å². The number of hydrogen-bond acceptors (Lipinski definition) is 4. The highest BCUT2D eigenvalue weighted by Gasteiger charge is 2.09. The number of hydrogen-bond donors (Lipinski definition) is 3. The van der Waals surface area contributed by atoms with Gasteiger partial charge in [0.2, 0.25) is 0 Å². The molecule has 4 nitrogen and oxygen atoms in total. The molecule has 1 aromatic rings. The van der Waals surface area contributed by atoms with Crippen LogP contribution in [0, 0.1) is 0 Å². The average Bonchev–Trinajstić information content (AvgIpc) is 2.35. The van der Waals surface area contributed by atoms with Crippen LogP contribution in [-0.2, 0) is 0 Å². The minimum atomic E-state index is -0.593. The molecule has 2 atom stereocenters. The van der Waals surface area contributed by atoms with Gasteiger partial charge in [-0.3, -0.25) is 0 Å². The first kappa shape index (κ1) is 13.0. The molecule has 0 amide bonds. The molecule has 0 aliphatic rings. The number of aliphatic hydroxyl groups is 2. The van der Waals surface area contributed by atoms with Gasteiger partial charge in [0.05, 0.1) is 19.8 Å². The maximum Gasteiger partial charge on any atom is 0.119 e. The molecule has 0 aliphatic heterocycles. The molecule has 1 rings (SSSR count). The molecule has 90 valence electrons. The Bertz CT molecular complexity index is 317. The van der Waals surface area contributed by atoms with E-state index in [2.05, 4.69) is 5.32 Å². The second kappa shape index (κ2) is 6.48. The van der Waals surface area contributed by atoms with Crippen molar-refractivity contribution in [3.8, 4) is 5.75 Å². The highest BCUT2D eigenvalue weighted by molar-refractivity contribution is 5.29. The van der Waals surface area contributed by atoms with Gasteiger partial charge in [0.1, 0.15) is 5.75 Å². The van der Waals surface area contributed by atoms with Crippen LogP contribution in [0.5, 0.6) is 5.75 Å². The van der Waals surface area contributed by atoms with E-state index in [1.165, 1.54) is 0 Å². The third kappa shape index (κ3) is 3.81. The zero-order valence-electron chi connectivity index (χ0n) is 9.68. The van der Waals surface area contributed by atoms with Crippen LogP contribution in [-0.4, -0.2) is 36.5 Å². The molecule has 0 aromatic heterocycles. The number of benzene rings is 1. The quantitative estimate of drug-likeness (QED) is 0.667. The second-order valence-electron chi connectivity index (χ2n) is 3.78. The summed E-state index contributed by atoms with van der Waals surface area (Å²) in [5.41, 5.74) is 0.803. The molecule has 0 fully saturated rings. The summed E-state index contributed by atoms with van der Waals surface area (Å²) in [5.74, 6) is 0.728. The summed E-state index contributed by atoms with van der Waals surface area (Å²) in [7, 11) is 1.59. The van der Waals surface area contributed by atoms with E-state index >= 15 is 0 Å². The summed E-state index contributed by atoms with van der Waals surface area (Å²) in [4.78, 5) is 0. The van der Waals surface area contributed by atoms with E-state index in [-0.39, 0.29) is 12.6 Å². The van der Waals surface area contributed by atoms with Crippen LogP contribution in [0.15, 0.2) is 24.3 Å². The van der Waals surface area contributed by atoms with Gasteiger partial charge in [0.25, 0.3) is 0 Å². The lowest BCUT2D eigenvalue weighted by Crippen LogP contribution is -2.32. The van der Waals surface area contributed by atoms with Gasteiger partial charge < -0.3 is 20.3 Å². The van der Waals surface area contributed by atoms with Gasteiger partial charge in [-0.2, -0.15) is 0 Å². The van der Waals surface area contributed by atoms with Crippen molar-refractivity contribution in [1.29, 1.82) is 0 Å². The molecular weight excluding hydrogens is 206 g/mol. The lowest BCUT2D eigenvalue weighted by molar-refractivity contribution is 0.161. The number of rotatable bonds is 6. The topological polar surface area (TPSA) is 61.7 Å². The highest BCUT2D eigenvalue weighted by Crippen LogP contribution is 2.18. The van der Waals surface area contributed by atoms with E-state index in [0.29, 0.717) is 6.54 Å². The molecule has 4 heteroatoms. The largest absolute Gasteiger partial charge is 0.497 e. The number of ether oxygens (including phenoxy) is 1. The van der Waals surface area contributed by atoms with Gasteiger partial charge in [-0.05, 0) is 24.6 Å². The molecule has 0 bridgehead atoms. The third-order valence-corrected chi connectivity index (χ3v) is 2.41. The molecule has 16 heavy (non-hydrogen) atoms. The minimum Gasteiger partial charge on any atom is -0.497 e. The summed E-state index contributed by atoms with van der Waals surface area (Å²) in [6.07, 6.45) is -0.593. The van der Waals surface area contributed by atoms with Crippen LogP contribution in [0.2, 0.25) is 0 Å². The summed E-state index contributed by atoms with van der Waals surface area (Å²) in [6, 6.07) is 7.31. The first-order valence-corrected chi connectivity index (χ1v) is 5.33. The Hall–Kier alpha value is -1.10. The first-order chi connectivity index (χ1) is 7.67. The number of nitrogens with one attached hydrogen (secondary N) is 1. The minimum absolute atomic E-state index is 0.0137. The molecule has 0 saturated carbocycles. The van der Waals surface area contributed by atoms with Crippen molar-refractivity contribution >= 4 is 0 Å².